The fraction of sp³-hybridized carbons (Fsp3) is 0.724. The summed E-state index contributed by atoms with van der Waals surface area (Å²) < 4.78 is 25.4. The van der Waals surface area contributed by atoms with Crippen LogP contribution in [-0.4, -0.2) is 74.4 Å². The van der Waals surface area contributed by atoms with Crippen LogP contribution in [-0.2, 0) is 19.1 Å². The first kappa shape index (κ1) is 31.2. The lowest BCUT2D eigenvalue weighted by molar-refractivity contribution is -0.144. The number of hydrogen-bond donors (Lipinski definition) is 2. The van der Waals surface area contributed by atoms with E-state index in [2.05, 4.69) is 37.6 Å². The summed E-state index contributed by atoms with van der Waals surface area (Å²) >= 11 is 0. The Balaban J connectivity index is 2.11. The maximum absolute atomic E-state index is 13.7. The van der Waals surface area contributed by atoms with E-state index in [1.165, 1.54) is 6.08 Å². The minimum absolute atomic E-state index is 0.0501. The van der Waals surface area contributed by atoms with Crippen LogP contribution in [0, 0.1) is 17.8 Å². The second kappa shape index (κ2) is 14.2. The number of allylic oxidation sites excluding steroid dienone is 3. The summed E-state index contributed by atoms with van der Waals surface area (Å²) in [7, 11) is 5.16. The van der Waals surface area contributed by atoms with Crippen molar-refractivity contribution >= 4 is 11.8 Å². The van der Waals surface area contributed by atoms with Gasteiger partial charge in [-0.2, -0.15) is 0 Å². The molecule has 7 nitrogen and oxygen atoms in total. The lowest BCUT2D eigenvalue weighted by Gasteiger charge is -2.37. The molecule has 0 radical (unpaired) electrons. The van der Waals surface area contributed by atoms with Gasteiger partial charge in [-0.05, 0) is 50.6 Å². The summed E-state index contributed by atoms with van der Waals surface area (Å²) in [5.74, 6) is -0.343. The van der Waals surface area contributed by atoms with E-state index in [-0.39, 0.29) is 48.5 Å². The van der Waals surface area contributed by atoms with Crippen LogP contribution in [0.1, 0.15) is 59.8 Å². The first-order valence-electron chi connectivity index (χ1n) is 13.5. The normalized spacial score (nSPS) is 25.9. The highest BCUT2D eigenvalue weighted by Crippen LogP contribution is 2.50. The van der Waals surface area contributed by atoms with Crippen LogP contribution in [0.25, 0.3) is 0 Å². The number of nitrogens with one attached hydrogen (secondary N) is 2. The van der Waals surface area contributed by atoms with E-state index in [0.29, 0.717) is 23.8 Å². The van der Waals surface area contributed by atoms with Crippen LogP contribution in [0.2, 0.25) is 0 Å². The molecule has 2 rings (SSSR count). The fourth-order valence-electron chi connectivity index (χ4n) is 5.89. The molecule has 1 saturated heterocycles. The van der Waals surface area contributed by atoms with Crippen LogP contribution >= 0.6 is 0 Å². The van der Waals surface area contributed by atoms with Gasteiger partial charge in [-0.15, -0.1) is 0 Å². The Labute approximate surface area is 222 Å². The van der Waals surface area contributed by atoms with Crippen LogP contribution in [0.3, 0.4) is 0 Å². The molecule has 0 bridgehead atoms. The van der Waals surface area contributed by atoms with Crippen molar-refractivity contribution in [1.29, 1.82) is 0 Å². The number of ether oxygens (including phenoxy) is 2. The molecular formula is C29H48FN3O4. The number of carbonyl (C=O) groups is 2. The van der Waals surface area contributed by atoms with E-state index < -0.39 is 17.8 Å². The number of amides is 2. The van der Waals surface area contributed by atoms with E-state index in [4.69, 9.17) is 9.47 Å². The van der Waals surface area contributed by atoms with E-state index in [0.717, 1.165) is 19.3 Å². The van der Waals surface area contributed by atoms with Gasteiger partial charge >= 0.3 is 0 Å². The Kier molecular flexibility index (Phi) is 12.0. The first-order valence-corrected chi connectivity index (χ1v) is 13.5. The fourth-order valence-corrected chi connectivity index (χ4v) is 5.89. The number of nitrogens with zero attached hydrogens (tertiary/aromatic N) is 1. The zero-order valence-corrected chi connectivity index (χ0v) is 23.8. The molecule has 2 fully saturated rings. The number of hydrogen-bond acceptors (Lipinski definition) is 5. The number of piperidine rings is 1. The van der Waals surface area contributed by atoms with Crippen molar-refractivity contribution in [1.82, 2.24) is 15.5 Å². The predicted octanol–water partition coefficient (Wildman–Crippen LogP) is 4.16. The van der Waals surface area contributed by atoms with Gasteiger partial charge in [0.15, 0.2) is 0 Å². The molecule has 2 aliphatic rings. The average molecular weight is 522 g/mol. The van der Waals surface area contributed by atoms with Crippen LogP contribution in [0.4, 0.5) is 4.39 Å². The summed E-state index contributed by atoms with van der Waals surface area (Å²) in [6, 6.07) is -0.198. The SMILES string of the molecule is C=C/C=C(/CC(C)NC(=O)C(C)C(OC)C1CC2CC2N1C(=O)CC(OC)C(NC)C(C)CC)C(=C)F. The molecule has 1 saturated carbocycles. The van der Waals surface area contributed by atoms with Gasteiger partial charge in [0.05, 0.1) is 30.6 Å². The van der Waals surface area contributed by atoms with Crippen molar-refractivity contribution in [2.24, 2.45) is 17.8 Å². The highest BCUT2D eigenvalue weighted by Gasteiger charge is 2.57. The Bertz CT molecular complexity index is 847. The van der Waals surface area contributed by atoms with Crippen LogP contribution in [0.15, 0.2) is 36.7 Å². The summed E-state index contributed by atoms with van der Waals surface area (Å²) in [5.41, 5.74) is 0.399. The van der Waals surface area contributed by atoms with Gasteiger partial charge in [-0.25, -0.2) is 4.39 Å². The van der Waals surface area contributed by atoms with E-state index in [1.807, 2.05) is 25.8 Å². The molecule has 9 atom stereocenters. The second-order valence-electron chi connectivity index (χ2n) is 10.8. The number of halogens is 1. The molecule has 9 unspecified atom stereocenters. The lowest BCUT2D eigenvalue weighted by Crippen LogP contribution is -2.53. The second-order valence-corrected chi connectivity index (χ2v) is 10.8. The molecule has 2 N–H and O–H groups in total. The van der Waals surface area contributed by atoms with Gasteiger partial charge < -0.3 is 25.0 Å². The van der Waals surface area contributed by atoms with E-state index in [1.54, 1.807) is 20.3 Å². The Hall–Kier alpha value is -2.03. The summed E-state index contributed by atoms with van der Waals surface area (Å²) in [5, 5.41) is 6.31. The Morgan fingerprint density at radius 3 is 2.35 bits per heavy atom. The van der Waals surface area contributed by atoms with Gasteiger partial charge in [-0.1, -0.05) is 52.5 Å². The molecule has 2 amide bonds. The summed E-state index contributed by atoms with van der Waals surface area (Å²) in [6.07, 6.45) is 5.78. The third-order valence-corrected chi connectivity index (χ3v) is 8.24. The minimum Gasteiger partial charge on any atom is -0.379 e. The zero-order chi connectivity index (χ0) is 27.9. The van der Waals surface area contributed by atoms with Crippen molar-refractivity contribution in [2.75, 3.05) is 21.3 Å². The monoisotopic (exact) mass is 521 g/mol. The number of methoxy groups -OCH3 is 2. The molecule has 0 spiro atoms. The van der Waals surface area contributed by atoms with Crippen LogP contribution < -0.4 is 10.6 Å². The maximum atomic E-state index is 13.7. The van der Waals surface area contributed by atoms with Crippen molar-refractivity contribution in [3.8, 4) is 0 Å². The zero-order valence-electron chi connectivity index (χ0n) is 23.8. The van der Waals surface area contributed by atoms with Gasteiger partial charge in [0, 0.05) is 32.3 Å². The highest BCUT2D eigenvalue weighted by atomic mass is 19.1. The van der Waals surface area contributed by atoms with Crippen molar-refractivity contribution in [2.45, 2.75) is 96.2 Å². The molecule has 0 aromatic carbocycles. The Morgan fingerprint density at radius 1 is 1.16 bits per heavy atom. The molecule has 37 heavy (non-hydrogen) atoms. The molecule has 1 heterocycles. The van der Waals surface area contributed by atoms with Crippen molar-refractivity contribution in [3.05, 3.63) is 36.7 Å². The summed E-state index contributed by atoms with van der Waals surface area (Å²) in [4.78, 5) is 28.8. The number of rotatable bonds is 16. The smallest absolute Gasteiger partial charge is 0.225 e. The predicted molar refractivity (Wildman–Crippen MR) is 146 cm³/mol. The molecule has 0 aromatic rings. The number of carbonyl (C=O) groups excluding carboxylic acids is 2. The van der Waals surface area contributed by atoms with Crippen molar-refractivity contribution < 1.29 is 23.5 Å². The maximum Gasteiger partial charge on any atom is 0.225 e. The quantitative estimate of drug-likeness (QED) is 0.298. The molecule has 8 heteroatoms. The number of likely N-dealkylation sites (N-methyl/N-ethyl adjacent to an activating group) is 1. The van der Waals surface area contributed by atoms with E-state index in [9.17, 15) is 14.0 Å². The van der Waals surface area contributed by atoms with E-state index >= 15 is 0 Å². The first-order chi connectivity index (χ1) is 17.5. The van der Waals surface area contributed by atoms with Gasteiger partial charge in [-0.3, -0.25) is 9.59 Å². The molecule has 1 aliphatic carbocycles. The topological polar surface area (TPSA) is 79.9 Å². The largest absolute Gasteiger partial charge is 0.379 e. The third-order valence-electron chi connectivity index (χ3n) is 8.24. The molecule has 0 aromatic heterocycles. The van der Waals surface area contributed by atoms with Gasteiger partial charge in [0.2, 0.25) is 11.8 Å². The summed E-state index contributed by atoms with van der Waals surface area (Å²) in [6.45, 7) is 14.9. The molecular weight excluding hydrogens is 473 g/mol. The van der Waals surface area contributed by atoms with Crippen molar-refractivity contribution in [3.63, 3.8) is 0 Å². The molecule has 1 aliphatic heterocycles. The lowest BCUT2D eigenvalue weighted by atomic mass is 9.91. The van der Waals surface area contributed by atoms with Gasteiger partial charge in [0.1, 0.15) is 5.83 Å². The molecule has 210 valence electrons. The van der Waals surface area contributed by atoms with Crippen LogP contribution in [0.5, 0.6) is 0 Å². The third kappa shape index (κ3) is 7.74. The standard InChI is InChI=1S/C29H48FN3O4/c1-10-12-21(20(6)30)13-18(4)32-29(35)19(5)28(37-9)24-15-22-14-23(22)33(24)26(34)16-25(36-8)27(31-7)17(3)11-2/h10,12,17-19,22-25,27-28,31H,1,6,11,13-16H2,2-5,7-9H3,(H,32,35)/b21-12-. The van der Waals surface area contributed by atoms with Gasteiger partial charge in [0.25, 0.3) is 0 Å². The highest BCUT2D eigenvalue weighted by molar-refractivity contribution is 5.81. The number of likely N-dealkylation sites (tertiary alicyclic amines) is 1. The Morgan fingerprint density at radius 2 is 1.84 bits per heavy atom. The minimum atomic E-state index is -0.536. The number of fused-ring (bicyclic) bond motifs is 1. The average Bonchev–Trinajstić information content (AvgIpc) is 3.52.